The van der Waals surface area contributed by atoms with E-state index in [0.29, 0.717) is 22.6 Å². The van der Waals surface area contributed by atoms with Crippen LogP contribution in [0.25, 0.3) is 0 Å². The summed E-state index contributed by atoms with van der Waals surface area (Å²) in [5, 5.41) is 19.5. The first-order chi connectivity index (χ1) is 21.3. The molecule has 4 heterocycles. The third kappa shape index (κ3) is 5.22. The first-order valence-corrected chi connectivity index (χ1v) is 14.8. The van der Waals surface area contributed by atoms with Crippen molar-refractivity contribution in [1.29, 1.82) is 5.26 Å². The number of aromatic nitrogens is 1. The fourth-order valence-corrected chi connectivity index (χ4v) is 6.71. The molecule has 0 bridgehead atoms. The topological polar surface area (TPSA) is 149 Å². The number of para-hydroxylation sites is 1. The zero-order valence-electron chi connectivity index (χ0n) is 25.4. The fourth-order valence-electron chi connectivity index (χ4n) is 6.71. The van der Waals surface area contributed by atoms with E-state index in [1.807, 2.05) is 32.9 Å². The molecule has 4 atom stereocenters. The number of hydrogen-bond donors (Lipinski definition) is 2. The molecule has 1 fully saturated rings. The Morgan fingerprint density at radius 1 is 1.22 bits per heavy atom. The Morgan fingerprint density at radius 2 is 1.98 bits per heavy atom. The number of carbonyl (C=O) groups excluding carboxylic acids is 4. The first kappa shape index (κ1) is 30.0. The Hall–Kier alpha value is -5.05. The van der Waals surface area contributed by atoms with Gasteiger partial charge in [-0.05, 0) is 48.1 Å². The minimum absolute atomic E-state index is 0.00609. The van der Waals surface area contributed by atoms with Crippen molar-refractivity contribution in [3.8, 4) is 6.07 Å². The number of nitriles is 1. The molecule has 6 rings (SSSR count). The average Bonchev–Trinajstić information content (AvgIpc) is 3.68. The summed E-state index contributed by atoms with van der Waals surface area (Å²) in [5.74, 6) is -2.24. The van der Waals surface area contributed by atoms with Gasteiger partial charge >= 0.3 is 0 Å². The smallest absolute Gasteiger partial charge is 0.274 e. The predicted octanol–water partition coefficient (Wildman–Crippen LogP) is 3.63. The average molecular weight is 613 g/mol. The van der Waals surface area contributed by atoms with E-state index in [2.05, 4.69) is 21.9 Å². The highest BCUT2D eigenvalue weighted by molar-refractivity contribution is 6.09. The maximum absolute atomic E-state index is 14.7. The molecule has 1 aromatic heterocycles. The number of aryl methyl sites for hydroxylation is 1. The highest BCUT2D eigenvalue weighted by Gasteiger charge is 2.57. The molecule has 0 aliphatic carbocycles. The normalized spacial score (nSPS) is 22.9. The fraction of sp³-hybridized carbons (Fsp3) is 0.394. The lowest BCUT2D eigenvalue weighted by Crippen LogP contribution is -2.61. The Balaban J connectivity index is 1.40. The van der Waals surface area contributed by atoms with Gasteiger partial charge in [0.05, 0.1) is 17.2 Å². The molecular weight excluding hydrogens is 579 g/mol. The zero-order chi connectivity index (χ0) is 32.3. The number of fused-ring (bicyclic) bond motifs is 3. The molecule has 0 saturated carbocycles. The van der Waals surface area contributed by atoms with Crippen molar-refractivity contribution in [3.05, 3.63) is 76.9 Å². The Bertz CT molecular complexity index is 1770. The van der Waals surface area contributed by atoms with Crippen LogP contribution in [0.3, 0.4) is 0 Å². The maximum atomic E-state index is 14.7. The predicted molar refractivity (Wildman–Crippen MR) is 160 cm³/mol. The van der Waals surface area contributed by atoms with Gasteiger partial charge in [-0.3, -0.25) is 24.1 Å². The van der Waals surface area contributed by atoms with Crippen LogP contribution in [0.4, 0.5) is 15.8 Å². The summed E-state index contributed by atoms with van der Waals surface area (Å²) in [5.41, 5.74) is 0.496. The summed E-state index contributed by atoms with van der Waals surface area (Å²) in [6.07, 6.45) is 0.310. The van der Waals surface area contributed by atoms with Crippen molar-refractivity contribution < 1.29 is 28.1 Å². The molecule has 2 aromatic carbocycles. The molecule has 1 spiro atoms. The zero-order valence-corrected chi connectivity index (χ0v) is 25.4. The van der Waals surface area contributed by atoms with Crippen molar-refractivity contribution in [2.75, 3.05) is 16.8 Å². The highest BCUT2D eigenvalue weighted by Crippen LogP contribution is 2.47. The molecule has 1 saturated heterocycles. The number of halogens is 1. The van der Waals surface area contributed by atoms with Crippen molar-refractivity contribution in [3.63, 3.8) is 0 Å². The number of nitrogens with zero attached hydrogens (tertiary/aromatic N) is 4. The third-order valence-corrected chi connectivity index (χ3v) is 8.75. The molecule has 3 aliphatic heterocycles. The summed E-state index contributed by atoms with van der Waals surface area (Å²) >= 11 is 0. The minimum Gasteiger partial charge on any atom is -0.361 e. The third-order valence-electron chi connectivity index (χ3n) is 8.75. The van der Waals surface area contributed by atoms with Gasteiger partial charge in [-0.25, -0.2) is 4.39 Å². The van der Waals surface area contributed by atoms with Gasteiger partial charge in [0.25, 0.3) is 11.8 Å². The number of likely N-dealkylation sites (tertiary alicyclic amines) is 1. The van der Waals surface area contributed by atoms with Crippen LogP contribution >= 0.6 is 0 Å². The number of anilines is 2. The molecule has 232 valence electrons. The lowest BCUT2D eigenvalue weighted by atomic mass is 9.80. The minimum atomic E-state index is -1.17. The second-order valence-electron chi connectivity index (χ2n) is 13.2. The van der Waals surface area contributed by atoms with E-state index in [-0.39, 0.29) is 43.1 Å². The highest BCUT2D eigenvalue weighted by atomic mass is 19.1. The van der Waals surface area contributed by atoms with Crippen LogP contribution < -0.4 is 15.5 Å². The molecule has 11 nitrogen and oxygen atoms in total. The van der Waals surface area contributed by atoms with Gasteiger partial charge in [0.15, 0.2) is 5.69 Å². The molecule has 4 amide bonds. The van der Waals surface area contributed by atoms with E-state index >= 15 is 0 Å². The van der Waals surface area contributed by atoms with Crippen LogP contribution in [0.1, 0.15) is 61.0 Å². The molecule has 12 heteroatoms. The van der Waals surface area contributed by atoms with Crippen molar-refractivity contribution in [1.82, 2.24) is 15.4 Å². The van der Waals surface area contributed by atoms with Gasteiger partial charge < -0.3 is 20.1 Å². The van der Waals surface area contributed by atoms with Crippen molar-refractivity contribution >= 4 is 35.0 Å². The lowest BCUT2D eigenvalue weighted by molar-refractivity contribution is -0.136. The summed E-state index contributed by atoms with van der Waals surface area (Å²) in [7, 11) is 0. The van der Waals surface area contributed by atoms with Gasteiger partial charge in [0, 0.05) is 31.1 Å². The number of rotatable bonds is 5. The Labute approximate surface area is 259 Å². The van der Waals surface area contributed by atoms with Gasteiger partial charge in [-0.1, -0.05) is 50.2 Å². The van der Waals surface area contributed by atoms with Crippen LogP contribution in [-0.2, 0) is 26.2 Å². The van der Waals surface area contributed by atoms with Crippen molar-refractivity contribution in [2.24, 2.45) is 5.41 Å². The van der Waals surface area contributed by atoms with Gasteiger partial charge in [0.1, 0.15) is 29.7 Å². The van der Waals surface area contributed by atoms with Gasteiger partial charge in [-0.15, -0.1) is 0 Å². The summed E-state index contributed by atoms with van der Waals surface area (Å²) in [4.78, 5) is 58.0. The van der Waals surface area contributed by atoms with E-state index in [0.717, 1.165) is 0 Å². The second-order valence-corrected chi connectivity index (χ2v) is 13.2. The van der Waals surface area contributed by atoms with E-state index < -0.39 is 52.5 Å². The molecule has 45 heavy (non-hydrogen) atoms. The van der Waals surface area contributed by atoms with Crippen LogP contribution in [-0.4, -0.2) is 58.4 Å². The number of amides is 4. The SMILES string of the molecule is Cc1cc(C(=O)N[C@H]2Cc3ccc(F)cc3N([C@@H](CC(C)(C)C)C(=O)N3C[C@]4(C[C@H]3C#N)C(=O)Nc3ccccc34)C2=O)no1. The van der Waals surface area contributed by atoms with Gasteiger partial charge in [-0.2, -0.15) is 5.26 Å². The number of nitrogens with one attached hydrogen (secondary N) is 2. The first-order valence-electron chi connectivity index (χ1n) is 14.8. The van der Waals surface area contributed by atoms with E-state index in [9.17, 15) is 28.8 Å². The lowest BCUT2D eigenvalue weighted by Gasteiger charge is -2.42. The molecule has 3 aromatic rings. The largest absolute Gasteiger partial charge is 0.361 e. The second kappa shape index (κ2) is 10.8. The molecular formula is C33H33FN6O5. The van der Waals surface area contributed by atoms with Crippen molar-refractivity contribution in [2.45, 2.75) is 70.5 Å². The number of carbonyl (C=O) groups is 4. The van der Waals surface area contributed by atoms with E-state index in [1.165, 1.54) is 34.1 Å². The Morgan fingerprint density at radius 3 is 2.67 bits per heavy atom. The molecule has 0 unspecified atom stereocenters. The monoisotopic (exact) mass is 612 g/mol. The summed E-state index contributed by atoms with van der Waals surface area (Å²) in [6, 6.07) is 11.6. The summed E-state index contributed by atoms with van der Waals surface area (Å²) in [6.45, 7) is 7.31. The van der Waals surface area contributed by atoms with E-state index in [1.54, 1.807) is 19.1 Å². The molecule has 0 radical (unpaired) electrons. The Kier molecular flexibility index (Phi) is 7.22. The maximum Gasteiger partial charge on any atom is 0.274 e. The summed E-state index contributed by atoms with van der Waals surface area (Å²) < 4.78 is 19.7. The van der Waals surface area contributed by atoms with Crippen LogP contribution in [0, 0.1) is 29.5 Å². The van der Waals surface area contributed by atoms with Gasteiger partial charge in [0.2, 0.25) is 11.8 Å². The number of hydrogen-bond acceptors (Lipinski definition) is 7. The number of benzene rings is 2. The standard InChI is InChI=1S/C33H33FN6O5/c1-18-11-24(38-45-18)28(41)36-25-12-19-9-10-20(34)13-26(19)40(29(25)42)27(15-32(2,3)4)30(43)39-17-33(14-21(39)16-35)22-7-5-6-8-23(22)37-31(33)44/h5-11,13,21,25,27H,12,14-15,17H2,1-4H3,(H,36,41)(H,37,44)/t21-,25-,27-,33-/m0/s1. The molecule has 2 N–H and O–H groups in total. The van der Waals surface area contributed by atoms with E-state index in [4.69, 9.17) is 4.52 Å². The van der Waals surface area contributed by atoms with Crippen LogP contribution in [0.2, 0.25) is 0 Å². The van der Waals surface area contributed by atoms with Crippen LogP contribution in [0.15, 0.2) is 53.1 Å². The van der Waals surface area contributed by atoms with Crippen LogP contribution in [0.5, 0.6) is 0 Å². The molecule has 3 aliphatic rings. The quantitative estimate of drug-likeness (QED) is 0.447.